The highest BCUT2D eigenvalue weighted by molar-refractivity contribution is 6.31. The van der Waals surface area contributed by atoms with E-state index in [-0.39, 0.29) is 0 Å². The quantitative estimate of drug-likeness (QED) is 0.796. The molecule has 0 amide bonds. The van der Waals surface area contributed by atoms with Gasteiger partial charge in [0.1, 0.15) is 0 Å². The maximum atomic E-state index is 6.14. The molecule has 1 aromatic rings. The maximum absolute atomic E-state index is 6.14. The van der Waals surface area contributed by atoms with Crippen molar-refractivity contribution in [2.75, 3.05) is 20.3 Å². The molecule has 3 heteroatoms. The number of rotatable bonds is 4. The van der Waals surface area contributed by atoms with Crippen LogP contribution in [0.15, 0.2) is 18.2 Å². The van der Waals surface area contributed by atoms with Crippen LogP contribution in [0.25, 0.3) is 0 Å². The molecule has 0 radical (unpaired) electrons. The van der Waals surface area contributed by atoms with Gasteiger partial charge in [-0.25, -0.2) is 0 Å². The minimum Gasteiger partial charge on any atom is -0.383 e. The van der Waals surface area contributed by atoms with E-state index in [1.165, 1.54) is 11.1 Å². The van der Waals surface area contributed by atoms with Gasteiger partial charge >= 0.3 is 0 Å². The van der Waals surface area contributed by atoms with Gasteiger partial charge in [0.15, 0.2) is 0 Å². The van der Waals surface area contributed by atoms with Crippen molar-refractivity contribution in [2.24, 2.45) is 0 Å². The smallest absolute Gasteiger partial charge is 0.0587 e. The summed E-state index contributed by atoms with van der Waals surface area (Å²) in [4.78, 5) is 0. The molecular weight excluding hydrogens is 210 g/mol. The molecule has 1 aromatic carbocycles. The van der Waals surface area contributed by atoms with Gasteiger partial charge in [-0.1, -0.05) is 23.7 Å². The minimum absolute atomic E-state index is 0.453. The summed E-state index contributed by atoms with van der Waals surface area (Å²) in [5.41, 5.74) is 2.67. The molecule has 15 heavy (non-hydrogen) atoms. The number of fused-ring (bicyclic) bond motifs is 1. The van der Waals surface area contributed by atoms with Crippen LogP contribution < -0.4 is 5.32 Å². The summed E-state index contributed by atoms with van der Waals surface area (Å²) in [7, 11) is 1.72. The van der Waals surface area contributed by atoms with Gasteiger partial charge in [-0.15, -0.1) is 0 Å². The zero-order chi connectivity index (χ0) is 10.7. The Hall–Kier alpha value is -0.570. The van der Waals surface area contributed by atoms with E-state index in [0.717, 1.165) is 31.0 Å². The second kappa shape index (κ2) is 4.97. The average Bonchev–Trinajstić information content (AvgIpc) is 2.64. The van der Waals surface area contributed by atoms with Crippen molar-refractivity contribution in [1.29, 1.82) is 0 Å². The lowest BCUT2D eigenvalue weighted by molar-refractivity contribution is 0.195. The van der Waals surface area contributed by atoms with E-state index in [9.17, 15) is 0 Å². The van der Waals surface area contributed by atoms with Gasteiger partial charge in [-0.05, 0) is 30.0 Å². The van der Waals surface area contributed by atoms with Crippen molar-refractivity contribution in [2.45, 2.75) is 18.9 Å². The Bertz CT molecular complexity index is 340. The molecule has 1 unspecified atom stereocenters. The van der Waals surface area contributed by atoms with Crippen LogP contribution in [-0.2, 0) is 11.2 Å². The molecule has 0 aromatic heterocycles. The molecule has 1 atom stereocenters. The molecule has 1 aliphatic carbocycles. The summed E-state index contributed by atoms with van der Waals surface area (Å²) >= 11 is 6.14. The molecule has 1 N–H and O–H groups in total. The number of ether oxygens (including phenoxy) is 1. The van der Waals surface area contributed by atoms with Crippen molar-refractivity contribution in [1.82, 2.24) is 5.32 Å². The molecule has 0 heterocycles. The van der Waals surface area contributed by atoms with E-state index in [1.807, 2.05) is 12.1 Å². The Kier molecular flexibility index (Phi) is 3.62. The van der Waals surface area contributed by atoms with Gasteiger partial charge in [0.05, 0.1) is 6.61 Å². The fourth-order valence-electron chi connectivity index (χ4n) is 2.16. The fourth-order valence-corrected chi connectivity index (χ4v) is 2.43. The lowest BCUT2D eigenvalue weighted by atomic mass is 10.1. The Labute approximate surface area is 95.6 Å². The highest BCUT2D eigenvalue weighted by Gasteiger charge is 2.23. The summed E-state index contributed by atoms with van der Waals surface area (Å²) in [5, 5.41) is 4.39. The Morgan fingerprint density at radius 1 is 1.53 bits per heavy atom. The van der Waals surface area contributed by atoms with Crippen LogP contribution >= 0.6 is 11.6 Å². The lowest BCUT2D eigenvalue weighted by Gasteiger charge is -2.13. The van der Waals surface area contributed by atoms with Crippen molar-refractivity contribution in [3.05, 3.63) is 34.3 Å². The van der Waals surface area contributed by atoms with E-state index >= 15 is 0 Å². The van der Waals surface area contributed by atoms with Gasteiger partial charge in [-0.3, -0.25) is 0 Å². The third kappa shape index (κ3) is 2.33. The molecule has 0 spiro atoms. The molecule has 0 aliphatic heterocycles. The van der Waals surface area contributed by atoms with Gasteiger partial charge in [0.25, 0.3) is 0 Å². The van der Waals surface area contributed by atoms with Crippen LogP contribution in [0.3, 0.4) is 0 Å². The first-order valence-corrected chi connectivity index (χ1v) is 5.70. The number of methoxy groups -OCH3 is 1. The number of halogens is 1. The standard InChI is InChI=1S/C12H16ClNO/c1-15-8-7-14-12-6-5-9-10(12)3-2-4-11(9)13/h2-4,12,14H,5-8H2,1H3. The fraction of sp³-hybridized carbons (Fsp3) is 0.500. The largest absolute Gasteiger partial charge is 0.383 e. The lowest BCUT2D eigenvalue weighted by Crippen LogP contribution is -2.23. The van der Waals surface area contributed by atoms with E-state index in [4.69, 9.17) is 16.3 Å². The molecule has 0 fully saturated rings. The predicted molar refractivity (Wildman–Crippen MR) is 62.4 cm³/mol. The van der Waals surface area contributed by atoms with Crippen LogP contribution in [-0.4, -0.2) is 20.3 Å². The first kappa shape index (κ1) is 10.9. The Balaban J connectivity index is 2.05. The summed E-state index contributed by atoms with van der Waals surface area (Å²) < 4.78 is 5.02. The number of hydrogen-bond donors (Lipinski definition) is 1. The van der Waals surface area contributed by atoms with Gasteiger partial charge < -0.3 is 10.1 Å². The molecule has 82 valence electrons. The number of hydrogen-bond acceptors (Lipinski definition) is 2. The summed E-state index contributed by atoms with van der Waals surface area (Å²) in [6.07, 6.45) is 2.22. The molecule has 0 saturated carbocycles. The molecular formula is C12H16ClNO. The van der Waals surface area contributed by atoms with E-state index in [1.54, 1.807) is 7.11 Å². The van der Waals surface area contributed by atoms with Crippen LogP contribution in [0.5, 0.6) is 0 Å². The monoisotopic (exact) mass is 225 g/mol. The van der Waals surface area contributed by atoms with Gasteiger partial charge in [-0.2, -0.15) is 0 Å². The van der Waals surface area contributed by atoms with Gasteiger partial charge in [0, 0.05) is 24.7 Å². The zero-order valence-corrected chi connectivity index (χ0v) is 9.68. The third-order valence-corrected chi connectivity index (χ3v) is 3.26. The minimum atomic E-state index is 0.453. The predicted octanol–water partition coefficient (Wildman–Crippen LogP) is 2.56. The normalized spacial score (nSPS) is 19.2. The second-order valence-corrected chi connectivity index (χ2v) is 4.25. The number of nitrogens with one attached hydrogen (secondary N) is 1. The van der Waals surface area contributed by atoms with Crippen molar-refractivity contribution < 1.29 is 4.74 Å². The third-order valence-electron chi connectivity index (χ3n) is 2.91. The van der Waals surface area contributed by atoms with Crippen molar-refractivity contribution >= 4 is 11.6 Å². The Morgan fingerprint density at radius 3 is 3.20 bits per heavy atom. The van der Waals surface area contributed by atoms with Crippen LogP contribution in [0, 0.1) is 0 Å². The molecule has 0 bridgehead atoms. The van der Waals surface area contributed by atoms with Crippen molar-refractivity contribution in [3.63, 3.8) is 0 Å². The highest BCUT2D eigenvalue weighted by Crippen LogP contribution is 2.35. The van der Waals surface area contributed by atoms with Crippen LogP contribution in [0.4, 0.5) is 0 Å². The number of benzene rings is 1. The topological polar surface area (TPSA) is 21.3 Å². The molecule has 0 saturated heterocycles. The maximum Gasteiger partial charge on any atom is 0.0587 e. The van der Waals surface area contributed by atoms with Crippen molar-refractivity contribution in [3.8, 4) is 0 Å². The molecule has 2 rings (SSSR count). The van der Waals surface area contributed by atoms with Crippen LogP contribution in [0.1, 0.15) is 23.6 Å². The van der Waals surface area contributed by atoms with Crippen LogP contribution in [0.2, 0.25) is 5.02 Å². The summed E-state index contributed by atoms with van der Waals surface area (Å²) in [5.74, 6) is 0. The van der Waals surface area contributed by atoms with E-state index in [2.05, 4.69) is 11.4 Å². The second-order valence-electron chi connectivity index (χ2n) is 3.85. The summed E-state index contributed by atoms with van der Waals surface area (Å²) in [6.45, 7) is 1.65. The van der Waals surface area contributed by atoms with E-state index < -0.39 is 0 Å². The van der Waals surface area contributed by atoms with Gasteiger partial charge in [0.2, 0.25) is 0 Å². The highest BCUT2D eigenvalue weighted by atomic mass is 35.5. The average molecular weight is 226 g/mol. The SMILES string of the molecule is COCCNC1CCc2c(Cl)cccc21. The first-order valence-electron chi connectivity index (χ1n) is 5.32. The molecule has 1 aliphatic rings. The Morgan fingerprint density at radius 2 is 2.40 bits per heavy atom. The molecule has 2 nitrogen and oxygen atoms in total. The zero-order valence-electron chi connectivity index (χ0n) is 8.92. The first-order chi connectivity index (χ1) is 7.33. The van der Waals surface area contributed by atoms with E-state index in [0.29, 0.717) is 6.04 Å². The summed E-state index contributed by atoms with van der Waals surface area (Å²) in [6, 6.07) is 6.61.